The quantitative estimate of drug-likeness (QED) is 0.0691. The third-order valence-corrected chi connectivity index (χ3v) is 5.84. The Labute approximate surface area is 211 Å². The number of benzene rings is 1. The van der Waals surface area contributed by atoms with Crippen molar-refractivity contribution < 1.29 is 33.9 Å². The maximum Gasteiger partial charge on any atom is 0.543 e. The van der Waals surface area contributed by atoms with Crippen molar-refractivity contribution in [2.75, 3.05) is 13.2 Å². The molecule has 0 atom stereocenters. The van der Waals surface area contributed by atoms with Crippen molar-refractivity contribution in [3.63, 3.8) is 0 Å². The first-order valence-electron chi connectivity index (χ1n) is 13.6. The first-order valence-corrected chi connectivity index (χ1v) is 13.6. The second-order valence-electron chi connectivity index (χ2n) is 8.85. The number of carbonyl (C=O) groups is 2. The van der Waals surface area contributed by atoms with E-state index in [1.54, 1.807) is 25.1 Å². The molecule has 0 heterocycles. The van der Waals surface area contributed by atoms with Crippen LogP contribution in [0.4, 0.5) is 4.79 Å². The van der Waals surface area contributed by atoms with Crippen molar-refractivity contribution in [1.82, 2.24) is 0 Å². The van der Waals surface area contributed by atoms with Gasteiger partial charge in [0, 0.05) is 0 Å². The Hall–Kier alpha value is -2.28. The van der Waals surface area contributed by atoms with Crippen LogP contribution in [0.15, 0.2) is 24.3 Å². The van der Waals surface area contributed by atoms with Gasteiger partial charge in [-0.3, -0.25) is 4.89 Å². The number of para-hydroxylation sites is 1. The Morgan fingerprint density at radius 1 is 0.657 bits per heavy atom. The SMILES string of the molecule is CCCCCCCCCCCCCCCCCCOC(=O)OOOC(=O)c1ccccc1OCC. The van der Waals surface area contributed by atoms with Crippen LogP contribution in [0.2, 0.25) is 0 Å². The molecule has 0 bridgehead atoms. The van der Waals surface area contributed by atoms with Gasteiger partial charge in [-0.05, 0) is 25.5 Å². The molecule has 0 aliphatic rings. The first-order chi connectivity index (χ1) is 17.2. The van der Waals surface area contributed by atoms with Crippen LogP contribution in [0.1, 0.15) is 127 Å². The summed E-state index contributed by atoms with van der Waals surface area (Å²) in [4.78, 5) is 32.3. The number of unbranched alkanes of at least 4 members (excludes halogenated alkanes) is 15. The summed E-state index contributed by atoms with van der Waals surface area (Å²) in [5.74, 6) is -0.477. The maximum absolute atomic E-state index is 12.0. The van der Waals surface area contributed by atoms with Gasteiger partial charge in [0.1, 0.15) is 11.3 Å². The molecule has 7 nitrogen and oxygen atoms in total. The van der Waals surface area contributed by atoms with Crippen LogP contribution in [-0.2, 0) is 19.6 Å². The lowest BCUT2D eigenvalue weighted by molar-refractivity contribution is -0.452. The van der Waals surface area contributed by atoms with Gasteiger partial charge in [-0.1, -0.05) is 115 Å². The molecule has 1 aromatic rings. The normalized spacial score (nSPS) is 10.7. The van der Waals surface area contributed by atoms with Crippen molar-refractivity contribution in [3.8, 4) is 5.75 Å². The van der Waals surface area contributed by atoms with Gasteiger partial charge in [0.05, 0.1) is 18.3 Å². The van der Waals surface area contributed by atoms with Crippen LogP contribution in [0.5, 0.6) is 5.75 Å². The fourth-order valence-electron chi connectivity index (χ4n) is 3.87. The third kappa shape index (κ3) is 16.9. The second kappa shape index (κ2) is 22.2. The standard InChI is InChI=1S/C28H46O7/c1-3-5-6-7-8-9-10-11-12-13-14-15-16-17-18-21-24-32-28(30)34-35-33-27(29)25-22-19-20-23-26(25)31-4-2/h19-20,22-23H,3-18,21,24H2,1-2H3. The van der Waals surface area contributed by atoms with E-state index in [-0.39, 0.29) is 12.2 Å². The Kier molecular flexibility index (Phi) is 19.5. The van der Waals surface area contributed by atoms with E-state index in [9.17, 15) is 9.59 Å². The minimum absolute atomic E-state index is 0.166. The van der Waals surface area contributed by atoms with E-state index in [4.69, 9.17) is 9.47 Å². The Morgan fingerprint density at radius 2 is 1.17 bits per heavy atom. The van der Waals surface area contributed by atoms with Crippen molar-refractivity contribution in [2.45, 2.75) is 117 Å². The Morgan fingerprint density at radius 3 is 1.71 bits per heavy atom. The minimum atomic E-state index is -1.04. The number of hydrogen-bond donors (Lipinski definition) is 0. The topological polar surface area (TPSA) is 80.3 Å². The summed E-state index contributed by atoms with van der Waals surface area (Å²) >= 11 is 0. The summed E-state index contributed by atoms with van der Waals surface area (Å²) in [5, 5.41) is 4.25. The summed E-state index contributed by atoms with van der Waals surface area (Å²) in [6.07, 6.45) is 19.4. The molecule has 0 saturated carbocycles. The Balaban J connectivity index is 1.88. The molecule has 0 aromatic heterocycles. The number of carbonyl (C=O) groups excluding carboxylic acids is 2. The molecule has 0 radical (unpaired) electrons. The van der Waals surface area contributed by atoms with Gasteiger partial charge in [-0.25, -0.2) is 14.5 Å². The van der Waals surface area contributed by atoms with Crippen LogP contribution >= 0.6 is 0 Å². The van der Waals surface area contributed by atoms with Crippen molar-refractivity contribution in [2.24, 2.45) is 0 Å². The summed E-state index contributed by atoms with van der Waals surface area (Å²) in [6.45, 7) is 4.70. The fraction of sp³-hybridized carbons (Fsp3) is 0.714. The van der Waals surface area contributed by atoms with Crippen LogP contribution < -0.4 is 4.74 Å². The molecule has 0 fully saturated rings. The van der Waals surface area contributed by atoms with Gasteiger partial charge in [-0.15, -0.1) is 0 Å². The summed E-state index contributed by atoms with van der Waals surface area (Å²) in [5.41, 5.74) is 0.166. The zero-order valence-electron chi connectivity index (χ0n) is 21.9. The first kappa shape index (κ1) is 30.8. The number of rotatable bonds is 22. The summed E-state index contributed by atoms with van der Waals surface area (Å²) < 4.78 is 10.2. The van der Waals surface area contributed by atoms with Gasteiger partial charge >= 0.3 is 12.1 Å². The lowest BCUT2D eigenvalue weighted by Gasteiger charge is -2.08. The van der Waals surface area contributed by atoms with Crippen LogP contribution in [0, 0.1) is 0 Å². The highest BCUT2D eigenvalue weighted by Gasteiger charge is 2.16. The monoisotopic (exact) mass is 494 g/mol. The molecule has 0 amide bonds. The molecule has 35 heavy (non-hydrogen) atoms. The predicted octanol–water partition coefficient (Wildman–Crippen LogP) is 8.50. The Bertz CT molecular complexity index is 662. The molecule has 1 rings (SSSR count). The van der Waals surface area contributed by atoms with Gasteiger partial charge in [-0.2, -0.15) is 0 Å². The summed E-state index contributed by atoms with van der Waals surface area (Å²) in [7, 11) is 0. The van der Waals surface area contributed by atoms with Crippen molar-refractivity contribution >= 4 is 12.1 Å². The van der Waals surface area contributed by atoms with Crippen molar-refractivity contribution in [3.05, 3.63) is 29.8 Å². The average Bonchev–Trinajstić information content (AvgIpc) is 2.86. The second-order valence-corrected chi connectivity index (χ2v) is 8.85. The van der Waals surface area contributed by atoms with Crippen LogP contribution in [0.25, 0.3) is 0 Å². The van der Waals surface area contributed by atoms with E-state index in [0.717, 1.165) is 19.3 Å². The van der Waals surface area contributed by atoms with Gasteiger partial charge < -0.3 is 9.47 Å². The van der Waals surface area contributed by atoms with Crippen LogP contribution in [-0.4, -0.2) is 25.3 Å². The summed E-state index contributed by atoms with van der Waals surface area (Å²) in [6, 6.07) is 6.54. The van der Waals surface area contributed by atoms with E-state index in [2.05, 4.69) is 21.7 Å². The van der Waals surface area contributed by atoms with E-state index in [0.29, 0.717) is 12.4 Å². The molecule has 7 heteroatoms. The van der Waals surface area contributed by atoms with E-state index in [1.807, 2.05) is 0 Å². The highest BCUT2D eigenvalue weighted by atomic mass is 17.5. The number of hydrogen-bond acceptors (Lipinski definition) is 7. The lowest BCUT2D eigenvalue weighted by Crippen LogP contribution is -2.13. The molecule has 0 unspecified atom stereocenters. The highest BCUT2D eigenvalue weighted by molar-refractivity contribution is 5.92. The molecule has 200 valence electrons. The maximum atomic E-state index is 12.0. The molecule has 0 saturated heterocycles. The van der Waals surface area contributed by atoms with Crippen LogP contribution in [0.3, 0.4) is 0 Å². The molecular weight excluding hydrogens is 448 g/mol. The molecule has 0 spiro atoms. The van der Waals surface area contributed by atoms with E-state index >= 15 is 0 Å². The molecular formula is C28H46O7. The predicted molar refractivity (Wildman–Crippen MR) is 136 cm³/mol. The molecule has 0 N–H and O–H groups in total. The zero-order chi connectivity index (χ0) is 25.4. The minimum Gasteiger partial charge on any atom is -0.493 e. The number of ether oxygens (including phenoxy) is 2. The van der Waals surface area contributed by atoms with Gasteiger partial charge in [0.25, 0.3) is 0 Å². The molecule has 0 aliphatic heterocycles. The average molecular weight is 495 g/mol. The molecule has 0 aliphatic carbocycles. The van der Waals surface area contributed by atoms with Gasteiger partial charge in [0.15, 0.2) is 0 Å². The fourth-order valence-corrected chi connectivity index (χ4v) is 3.87. The highest BCUT2D eigenvalue weighted by Crippen LogP contribution is 2.19. The molecule has 1 aromatic carbocycles. The zero-order valence-corrected chi connectivity index (χ0v) is 21.9. The smallest absolute Gasteiger partial charge is 0.493 e. The third-order valence-electron chi connectivity index (χ3n) is 5.84. The van der Waals surface area contributed by atoms with Crippen molar-refractivity contribution in [1.29, 1.82) is 0 Å². The largest absolute Gasteiger partial charge is 0.543 e. The lowest BCUT2D eigenvalue weighted by atomic mass is 10.0. The van der Waals surface area contributed by atoms with E-state index in [1.165, 1.54) is 89.5 Å². The van der Waals surface area contributed by atoms with Gasteiger partial charge in [0.2, 0.25) is 0 Å². The van der Waals surface area contributed by atoms with E-state index < -0.39 is 12.1 Å².